The van der Waals surface area contributed by atoms with Crippen LogP contribution in [0.15, 0.2) is 47.4 Å². The topological polar surface area (TPSA) is 40.6 Å². The van der Waals surface area contributed by atoms with E-state index < -0.39 is 15.8 Å². The Hall–Kier alpha value is -1.92. The van der Waals surface area contributed by atoms with Gasteiger partial charge in [0.15, 0.2) is 0 Å². The van der Waals surface area contributed by atoms with Crippen LogP contribution in [-0.2, 0) is 10.0 Å². The summed E-state index contributed by atoms with van der Waals surface area (Å²) in [6, 6.07) is 12.3. The van der Waals surface area contributed by atoms with Crippen LogP contribution < -0.4 is 4.90 Å². The van der Waals surface area contributed by atoms with Crippen molar-refractivity contribution in [3.63, 3.8) is 0 Å². The molecule has 0 aromatic heterocycles. The quantitative estimate of drug-likeness (QED) is 0.816. The summed E-state index contributed by atoms with van der Waals surface area (Å²) in [5, 5.41) is 0. The Kier molecular flexibility index (Phi) is 5.34. The maximum atomic E-state index is 13.3. The monoisotopic (exact) mass is 376 g/mol. The van der Waals surface area contributed by atoms with E-state index in [1.165, 1.54) is 28.1 Å². The minimum Gasteiger partial charge on any atom is -0.369 e. The van der Waals surface area contributed by atoms with Crippen molar-refractivity contribution in [2.45, 2.75) is 31.6 Å². The van der Waals surface area contributed by atoms with Crippen molar-refractivity contribution in [3.05, 3.63) is 59.4 Å². The lowest BCUT2D eigenvalue weighted by atomic mass is 10.0. The molecule has 26 heavy (non-hydrogen) atoms. The second kappa shape index (κ2) is 7.37. The van der Waals surface area contributed by atoms with Crippen LogP contribution in [0.4, 0.5) is 10.1 Å². The van der Waals surface area contributed by atoms with E-state index in [2.05, 4.69) is 43.0 Å². The van der Waals surface area contributed by atoms with Gasteiger partial charge in [-0.1, -0.05) is 26.0 Å². The van der Waals surface area contributed by atoms with Crippen LogP contribution >= 0.6 is 0 Å². The summed E-state index contributed by atoms with van der Waals surface area (Å²) < 4.78 is 40.5. The molecule has 3 rings (SSSR count). The van der Waals surface area contributed by atoms with Crippen LogP contribution in [0.2, 0.25) is 0 Å². The zero-order chi connectivity index (χ0) is 18.9. The first-order valence-electron chi connectivity index (χ1n) is 8.90. The zero-order valence-corrected chi connectivity index (χ0v) is 16.3. The SMILES string of the molecule is Cc1cc(F)ccc1S(=O)(=O)N1CCN(c2ccc(C(C)C)cc2)CC1. The van der Waals surface area contributed by atoms with E-state index in [4.69, 9.17) is 0 Å². The van der Waals surface area contributed by atoms with Gasteiger partial charge in [0, 0.05) is 31.9 Å². The lowest BCUT2D eigenvalue weighted by Gasteiger charge is -2.35. The van der Waals surface area contributed by atoms with E-state index in [0.717, 1.165) is 5.69 Å². The Balaban J connectivity index is 1.71. The third-order valence-electron chi connectivity index (χ3n) is 4.92. The molecule has 1 aliphatic rings. The largest absolute Gasteiger partial charge is 0.369 e. The second-order valence-electron chi connectivity index (χ2n) is 7.05. The van der Waals surface area contributed by atoms with Crippen molar-refractivity contribution in [1.29, 1.82) is 0 Å². The van der Waals surface area contributed by atoms with Gasteiger partial charge in [-0.3, -0.25) is 0 Å². The number of benzene rings is 2. The summed E-state index contributed by atoms with van der Waals surface area (Å²) in [4.78, 5) is 2.39. The Morgan fingerprint density at radius 1 is 0.962 bits per heavy atom. The van der Waals surface area contributed by atoms with Crippen molar-refractivity contribution in [2.75, 3.05) is 31.1 Å². The molecule has 1 saturated heterocycles. The zero-order valence-electron chi connectivity index (χ0n) is 15.4. The fourth-order valence-corrected chi connectivity index (χ4v) is 4.93. The van der Waals surface area contributed by atoms with E-state index in [-0.39, 0.29) is 4.90 Å². The molecule has 4 nitrogen and oxygen atoms in total. The third kappa shape index (κ3) is 3.76. The van der Waals surface area contributed by atoms with Crippen molar-refractivity contribution in [2.24, 2.45) is 0 Å². The number of hydrogen-bond acceptors (Lipinski definition) is 3. The maximum absolute atomic E-state index is 13.3. The number of halogens is 1. The lowest BCUT2D eigenvalue weighted by molar-refractivity contribution is 0.384. The number of nitrogens with zero attached hydrogens (tertiary/aromatic N) is 2. The number of piperazine rings is 1. The molecule has 0 amide bonds. The van der Waals surface area contributed by atoms with Gasteiger partial charge in [0.2, 0.25) is 10.0 Å². The number of rotatable bonds is 4. The standard InChI is InChI=1S/C20H25FN2O2S/c1-15(2)17-4-7-19(8-5-17)22-10-12-23(13-11-22)26(24,25)20-9-6-18(21)14-16(20)3/h4-9,14-15H,10-13H2,1-3H3. The number of anilines is 1. The minimum absolute atomic E-state index is 0.189. The van der Waals surface area contributed by atoms with E-state index in [9.17, 15) is 12.8 Å². The van der Waals surface area contributed by atoms with E-state index in [1.54, 1.807) is 6.92 Å². The van der Waals surface area contributed by atoms with Gasteiger partial charge in [-0.25, -0.2) is 12.8 Å². The number of hydrogen-bond donors (Lipinski definition) is 0. The summed E-state index contributed by atoms with van der Waals surface area (Å²) in [7, 11) is -3.59. The molecular formula is C20H25FN2O2S. The van der Waals surface area contributed by atoms with Crippen molar-refractivity contribution < 1.29 is 12.8 Å². The summed E-state index contributed by atoms with van der Waals surface area (Å²) >= 11 is 0. The van der Waals surface area contributed by atoms with Gasteiger partial charge in [0.25, 0.3) is 0 Å². The first kappa shape index (κ1) is 18.9. The van der Waals surface area contributed by atoms with Gasteiger partial charge in [-0.05, 0) is 54.3 Å². The molecule has 0 radical (unpaired) electrons. The predicted octanol–water partition coefficient (Wildman–Crippen LogP) is 3.77. The van der Waals surface area contributed by atoms with Crippen LogP contribution in [0.3, 0.4) is 0 Å². The molecule has 0 saturated carbocycles. The van der Waals surface area contributed by atoms with Crippen LogP contribution in [0.25, 0.3) is 0 Å². The minimum atomic E-state index is -3.59. The molecule has 1 aliphatic heterocycles. The number of aryl methyl sites for hydroxylation is 1. The molecule has 0 atom stereocenters. The van der Waals surface area contributed by atoms with Crippen LogP contribution in [-0.4, -0.2) is 38.9 Å². The Labute approximate surface area is 155 Å². The van der Waals surface area contributed by atoms with Crippen molar-refractivity contribution in [3.8, 4) is 0 Å². The van der Waals surface area contributed by atoms with E-state index >= 15 is 0 Å². The van der Waals surface area contributed by atoms with Gasteiger partial charge in [-0.2, -0.15) is 4.31 Å². The Bertz CT molecular complexity index is 871. The molecule has 0 unspecified atom stereocenters. The fourth-order valence-electron chi connectivity index (χ4n) is 3.30. The smallest absolute Gasteiger partial charge is 0.243 e. The highest BCUT2D eigenvalue weighted by Crippen LogP contribution is 2.25. The highest BCUT2D eigenvalue weighted by atomic mass is 32.2. The molecular weight excluding hydrogens is 351 g/mol. The highest BCUT2D eigenvalue weighted by Gasteiger charge is 2.29. The molecule has 1 fully saturated rings. The molecule has 0 bridgehead atoms. The number of sulfonamides is 1. The second-order valence-corrected chi connectivity index (χ2v) is 8.95. The van der Waals surface area contributed by atoms with Gasteiger partial charge < -0.3 is 4.90 Å². The first-order valence-corrected chi connectivity index (χ1v) is 10.3. The van der Waals surface area contributed by atoms with Gasteiger partial charge in [0.1, 0.15) is 5.82 Å². The van der Waals surface area contributed by atoms with Gasteiger partial charge >= 0.3 is 0 Å². The summed E-state index contributed by atoms with van der Waals surface area (Å²) in [5.74, 6) is 0.0705. The molecule has 0 N–H and O–H groups in total. The highest BCUT2D eigenvalue weighted by molar-refractivity contribution is 7.89. The average molecular weight is 376 g/mol. The Morgan fingerprint density at radius 3 is 2.12 bits per heavy atom. The van der Waals surface area contributed by atoms with Crippen molar-refractivity contribution in [1.82, 2.24) is 4.31 Å². The predicted molar refractivity (Wildman–Crippen MR) is 103 cm³/mol. The summed E-state index contributed by atoms with van der Waals surface area (Å²) in [6.45, 7) is 8.08. The average Bonchev–Trinajstić information content (AvgIpc) is 2.61. The summed E-state index contributed by atoms with van der Waals surface area (Å²) in [6.07, 6.45) is 0. The normalized spacial score (nSPS) is 16.3. The molecule has 0 aliphatic carbocycles. The molecule has 6 heteroatoms. The summed E-state index contributed by atoms with van der Waals surface area (Å²) in [5.41, 5.74) is 2.85. The Morgan fingerprint density at radius 2 is 1.58 bits per heavy atom. The van der Waals surface area contributed by atoms with Gasteiger partial charge in [-0.15, -0.1) is 0 Å². The first-order chi connectivity index (χ1) is 12.3. The molecule has 2 aromatic rings. The van der Waals surface area contributed by atoms with E-state index in [0.29, 0.717) is 37.7 Å². The third-order valence-corrected chi connectivity index (χ3v) is 6.98. The van der Waals surface area contributed by atoms with Crippen LogP contribution in [0, 0.1) is 12.7 Å². The van der Waals surface area contributed by atoms with Gasteiger partial charge in [0.05, 0.1) is 4.90 Å². The maximum Gasteiger partial charge on any atom is 0.243 e. The molecule has 1 heterocycles. The fraction of sp³-hybridized carbons (Fsp3) is 0.400. The van der Waals surface area contributed by atoms with E-state index in [1.807, 2.05) is 0 Å². The lowest BCUT2D eigenvalue weighted by Crippen LogP contribution is -2.48. The molecule has 0 spiro atoms. The molecule has 140 valence electrons. The van der Waals surface area contributed by atoms with Crippen LogP contribution in [0.1, 0.15) is 30.9 Å². The molecule has 2 aromatic carbocycles. The van der Waals surface area contributed by atoms with Crippen LogP contribution in [0.5, 0.6) is 0 Å². The van der Waals surface area contributed by atoms with Crippen molar-refractivity contribution >= 4 is 15.7 Å².